The van der Waals surface area contributed by atoms with Gasteiger partial charge in [0.25, 0.3) is 5.91 Å². The standard InChI is InChI=1S/C12H12ClN5O3/c1-7-8(6-17(2)16-7)5-15-12(19)9-3-4-14-11(13)10(9)18(20)21/h3-4,6H,5H2,1-2H3,(H,15,19). The van der Waals surface area contributed by atoms with Crippen LogP contribution in [-0.2, 0) is 13.6 Å². The number of aryl methyl sites for hydroxylation is 2. The highest BCUT2D eigenvalue weighted by Gasteiger charge is 2.24. The van der Waals surface area contributed by atoms with Gasteiger partial charge in [-0.15, -0.1) is 0 Å². The summed E-state index contributed by atoms with van der Waals surface area (Å²) in [6, 6.07) is 1.26. The fraction of sp³-hybridized carbons (Fsp3) is 0.250. The molecule has 0 aliphatic heterocycles. The third kappa shape index (κ3) is 3.16. The zero-order chi connectivity index (χ0) is 15.6. The molecule has 2 aromatic heterocycles. The number of hydrogen-bond acceptors (Lipinski definition) is 5. The molecule has 0 unspecified atom stereocenters. The topological polar surface area (TPSA) is 103 Å². The number of amides is 1. The molecule has 0 aromatic carbocycles. The molecule has 2 rings (SSSR count). The molecule has 0 atom stereocenters. The zero-order valence-corrected chi connectivity index (χ0v) is 12.1. The maximum Gasteiger partial charge on any atom is 0.319 e. The number of nitrogens with zero attached hydrogens (tertiary/aromatic N) is 4. The number of rotatable bonds is 4. The Hall–Kier alpha value is -2.48. The van der Waals surface area contributed by atoms with E-state index < -0.39 is 16.5 Å². The second-order valence-corrected chi connectivity index (χ2v) is 4.71. The van der Waals surface area contributed by atoms with Gasteiger partial charge >= 0.3 is 5.69 Å². The van der Waals surface area contributed by atoms with Gasteiger partial charge in [0.15, 0.2) is 0 Å². The van der Waals surface area contributed by atoms with Crippen LogP contribution in [0.3, 0.4) is 0 Å². The molecule has 8 nitrogen and oxygen atoms in total. The van der Waals surface area contributed by atoms with Gasteiger partial charge < -0.3 is 5.32 Å². The smallest absolute Gasteiger partial charge is 0.319 e. The molecule has 0 bridgehead atoms. The summed E-state index contributed by atoms with van der Waals surface area (Å²) >= 11 is 5.67. The van der Waals surface area contributed by atoms with E-state index in [1.54, 1.807) is 17.9 Å². The minimum atomic E-state index is -0.723. The van der Waals surface area contributed by atoms with Crippen LogP contribution < -0.4 is 5.32 Å². The van der Waals surface area contributed by atoms with Crippen LogP contribution >= 0.6 is 11.6 Å². The maximum absolute atomic E-state index is 12.1. The molecular formula is C12H12ClN5O3. The Labute approximate surface area is 124 Å². The van der Waals surface area contributed by atoms with Crippen molar-refractivity contribution in [2.75, 3.05) is 0 Å². The van der Waals surface area contributed by atoms with Crippen molar-refractivity contribution in [2.45, 2.75) is 13.5 Å². The summed E-state index contributed by atoms with van der Waals surface area (Å²) in [7, 11) is 1.77. The van der Waals surface area contributed by atoms with Gasteiger partial charge in [0.05, 0.1) is 10.6 Å². The van der Waals surface area contributed by atoms with Gasteiger partial charge in [-0.3, -0.25) is 19.6 Å². The number of nitrogens with one attached hydrogen (secondary N) is 1. The zero-order valence-electron chi connectivity index (χ0n) is 11.3. The molecule has 110 valence electrons. The lowest BCUT2D eigenvalue weighted by Crippen LogP contribution is -2.24. The normalized spacial score (nSPS) is 10.4. The molecule has 0 fully saturated rings. The molecule has 0 aliphatic carbocycles. The highest BCUT2D eigenvalue weighted by molar-refractivity contribution is 6.32. The van der Waals surface area contributed by atoms with E-state index in [2.05, 4.69) is 15.4 Å². The molecule has 0 spiro atoms. The Morgan fingerprint density at radius 2 is 2.29 bits per heavy atom. The van der Waals surface area contributed by atoms with Crippen LogP contribution in [0.25, 0.3) is 0 Å². The summed E-state index contributed by atoms with van der Waals surface area (Å²) < 4.78 is 1.63. The number of halogens is 1. The summed E-state index contributed by atoms with van der Waals surface area (Å²) in [6.45, 7) is 2.03. The molecule has 0 radical (unpaired) electrons. The molecule has 21 heavy (non-hydrogen) atoms. The lowest BCUT2D eigenvalue weighted by atomic mass is 10.2. The summed E-state index contributed by atoms with van der Waals surface area (Å²) in [6.07, 6.45) is 3.02. The van der Waals surface area contributed by atoms with Crippen molar-refractivity contribution in [3.63, 3.8) is 0 Å². The van der Waals surface area contributed by atoms with Crippen molar-refractivity contribution in [1.29, 1.82) is 0 Å². The van der Waals surface area contributed by atoms with E-state index in [-0.39, 0.29) is 17.3 Å². The summed E-state index contributed by atoms with van der Waals surface area (Å²) in [5.74, 6) is -0.589. The second-order valence-electron chi connectivity index (χ2n) is 4.35. The molecule has 1 N–H and O–H groups in total. The predicted octanol–water partition coefficient (Wildman–Crippen LogP) is 1.62. The minimum absolute atomic E-state index is 0.124. The first-order valence-electron chi connectivity index (χ1n) is 5.96. The van der Waals surface area contributed by atoms with Crippen molar-refractivity contribution in [2.24, 2.45) is 7.05 Å². The molecule has 2 aromatic rings. The average Bonchev–Trinajstić information content (AvgIpc) is 2.73. The van der Waals surface area contributed by atoms with E-state index in [1.165, 1.54) is 12.3 Å². The molecule has 9 heteroatoms. The predicted molar refractivity (Wildman–Crippen MR) is 75.0 cm³/mol. The van der Waals surface area contributed by atoms with Crippen molar-refractivity contribution in [1.82, 2.24) is 20.1 Å². The monoisotopic (exact) mass is 309 g/mol. The molecule has 1 amide bonds. The Bertz CT molecular complexity index is 713. The van der Waals surface area contributed by atoms with Crippen LogP contribution in [0.4, 0.5) is 5.69 Å². The summed E-state index contributed by atoms with van der Waals surface area (Å²) in [4.78, 5) is 25.9. The third-order valence-corrected chi connectivity index (χ3v) is 3.14. The average molecular weight is 310 g/mol. The molecule has 0 saturated carbocycles. The Morgan fingerprint density at radius 1 is 1.57 bits per heavy atom. The van der Waals surface area contributed by atoms with Gasteiger partial charge in [0, 0.05) is 31.5 Å². The van der Waals surface area contributed by atoms with Crippen LogP contribution in [-0.4, -0.2) is 25.6 Å². The van der Waals surface area contributed by atoms with E-state index >= 15 is 0 Å². The first kappa shape index (κ1) is 14.9. The van der Waals surface area contributed by atoms with Gasteiger partial charge in [-0.1, -0.05) is 11.6 Å². The number of hydrogen-bond donors (Lipinski definition) is 1. The minimum Gasteiger partial charge on any atom is -0.348 e. The number of carbonyl (C=O) groups excluding carboxylic acids is 1. The van der Waals surface area contributed by atoms with Crippen molar-refractivity contribution in [3.05, 3.63) is 50.5 Å². The van der Waals surface area contributed by atoms with Gasteiger partial charge in [-0.05, 0) is 13.0 Å². The molecule has 2 heterocycles. The fourth-order valence-electron chi connectivity index (χ4n) is 1.88. The van der Waals surface area contributed by atoms with E-state index in [0.717, 1.165) is 11.3 Å². The molecular weight excluding hydrogens is 298 g/mol. The first-order valence-corrected chi connectivity index (χ1v) is 6.34. The van der Waals surface area contributed by atoms with Crippen LogP contribution in [0.15, 0.2) is 18.5 Å². The van der Waals surface area contributed by atoms with Gasteiger partial charge in [-0.2, -0.15) is 5.10 Å². The van der Waals surface area contributed by atoms with Gasteiger partial charge in [-0.25, -0.2) is 4.98 Å². The molecule has 0 aliphatic rings. The Morgan fingerprint density at radius 3 is 2.86 bits per heavy atom. The van der Waals surface area contributed by atoms with Crippen LogP contribution in [0.1, 0.15) is 21.6 Å². The maximum atomic E-state index is 12.1. The Balaban J connectivity index is 2.20. The summed E-state index contributed by atoms with van der Waals surface area (Å²) in [5, 5.41) is 17.4. The van der Waals surface area contributed by atoms with Crippen LogP contribution in [0.5, 0.6) is 0 Å². The lowest BCUT2D eigenvalue weighted by molar-refractivity contribution is -0.385. The highest BCUT2D eigenvalue weighted by Crippen LogP contribution is 2.25. The van der Waals surface area contributed by atoms with Crippen LogP contribution in [0, 0.1) is 17.0 Å². The van der Waals surface area contributed by atoms with E-state index in [4.69, 9.17) is 11.6 Å². The van der Waals surface area contributed by atoms with Crippen molar-refractivity contribution in [3.8, 4) is 0 Å². The molecule has 0 saturated heterocycles. The third-order valence-electron chi connectivity index (χ3n) is 2.86. The number of nitro groups is 1. The van der Waals surface area contributed by atoms with Crippen LogP contribution in [0.2, 0.25) is 5.15 Å². The number of pyridine rings is 1. The number of carbonyl (C=O) groups is 1. The quantitative estimate of drug-likeness (QED) is 0.525. The van der Waals surface area contributed by atoms with Gasteiger partial charge in [0.1, 0.15) is 5.56 Å². The summed E-state index contributed by atoms with van der Waals surface area (Å²) in [5.41, 5.74) is 0.981. The Kier molecular flexibility index (Phi) is 4.18. The van der Waals surface area contributed by atoms with Gasteiger partial charge in [0.2, 0.25) is 5.15 Å². The van der Waals surface area contributed by atoms with E-state index in [1.807, 2.05) is 6.92 Å². The van der Waals surface area contributed by atoms with E-state index in [0.29, 0.717) is 0 Å². The number of aromatic nitrogens is 3. The van der Waals surface area contributed by atoms with Crippen molar-refractivity contribution >= 4 is 23.2 Å². The second kappa shape index (κ2) is 5.88. The lowest BCUT2D eigenvalue weighted by Gasteiger charge is -2.05. The SMILES string of the molecule is Cc1nn(C)cc1CNC(=O)c1ccnc(Cl)c1[N+](=O)[O-]. The van der Waals surface area contributed by atoms with E-state index in [9.17, 15) is 14.9 Å². The first-order chi connectivity index (χ1) is 9.90. The largest absolute Gasteiger partial charge is 0.348 e. The fourth-order valence-corrected chi connectivity index (χ4v) is 2.11. The highest BCUT2D eigenvalue weighted by atomic mass is 35.5. The van der Waals surface area contributed by atoms with Crippen molar-refractivity contribution < 1.29 is 9.72 Å².